The summed E-state index contributed by atoms with van der Waals surface area (Å²) in [5.74, 6) is -0.595. The van der Waals surface area contributed by atoms with Crippen molar-refractivity contribution in [2.24, 2.45) is 5.92 Å². The molecule has 0 aliphatic heterocycles. The van der Waals surface area contributed by atoms with Crippen molar-refractivity contribution in [2.75, 3.05) is 6.54 Å². The summed E-state index contributed by atoms with van der Waals surface area (Å²) >= 11 is 0. The molecule has 0 heterocycles. The molecule has 0 saturated heterocycles. The molecular formula is C14H17NO3. The van der Waals surface area contributed by atoms with Gasteiger partial charge in [0.25, 0.3) is 0 Å². The largest absolute Gasteiger partial charge is 0.481 e. The van der Waals surface area contributed by atoms with Gasteiger partial charge < -0.3 is 10.4 Å². The summed E-state index contributed by atoms with van der Waals surface area (Å²) in [6, 6.07) is 8.08. The van der Waals surface area contributed by atoms with Gasteiger partial charge in [-0.25, -0.2) is 0 Å². The Morgan fingerprint density at radius 3 is 2.78 bits per heavy atom. The lowest BCUT2D eigenvalue weighted by molar-refractivity contribution is -0.136. The van der Waals surface area contributed by atoms with Crippen molar-refractivity contribution >= 4 is 11.9 Å². The van der Waals surface area contributed by atoms with Crippen LogP contribution in [0.1, 0.15) is 29.9 Å². The minimum atomic E-state index is -0.887. The number of amides is 1. The Labute approximate surface area is 106 Å². The lowest BCUT2D eigenvalue weighted by atomic mass is 10.0. The summed E-state index contributed by atoms with van der Waals surface area (Å²) in [4.78, 5) is 22.1. The molecule has 96 valence electrons. The van der Waals surface area contributed by atoms with Gasteiger partial charge in [-0.2, -0.15) is 0 Å². The van der Waals surface area contributed by atoms with E-state index in [1.807, 2.05) is 25.1 Å². The molecule has 4 nitrogen and oxygen atoms in total. The fourth-order valence-corrected chi connectivity index (χ4v) is 2.26. The molecule has 18 heavy (non-hydrogen) atoms. The Hall–Kier alpha value is -1.84. The van der Waals surface area contributed by atoms with Crippen molar-refractivity contribution in [1.29, 1.82) is 0 Å². The molecule has 1 amide bonds. The molecule has 1 aliphatic carbocycles. The number of nitrogens with one attached hydrogen (secondary N) is 1. The van der Waals surface area contributed by atoms with Crippen LogP contribution in [0.4, 0.5) is 0 Å². The number of benzene rings is 1. The fraction of sp³-hybridized carbons (Fsp3) is 0.429. The lowest BCUT2D eigenvalue weighted by Crippen LogP contribution is -2.27. The molecule has 0 spiro atoms. The van der Waals surface area contributed by atoms with Crippen molar-refractivity contribution in [3.63, 3.8) is 0 Å². The third-order valence-corrected chi connectivity index (χ3v) is 3.35. The molecule has 2 rings (SSSR count). The first-order chi connectivity index (χ1) is 8.59. The minimum Gasteiger partial charge on any atom is -0.481 e. The van der Waals surface area contributed by atoms with Gasteiger partial charge in [0.05, 0.1) is 6.42 Å². The first kappa shape index (κ1) is 12.6. The van der Waals surface area contributed by atoms with E-state index in [-0.39, 0.29) is 24.8 Å². The van der Waals surface area contributed by atoms with E-state index < -0.39 is 5.97 Å². The van der Waals surface area contributed by atoms with E-state index in [1.54, 1.807) is 0 Å². The number of carboxylic acid groups (broad SMARTS) is 1. The van der Waals surface area contributed by atoms with Crippen LogP contribution in [0.2, 0.25) is 0 Å². The van der Waals surface area contributed by atoms with Crippen LogP contribution in [-0.4, -0.2) is 23.5 Å². The molecule has 1 fully saturated rings. The molecule has 1 saturated carbocycles. The van der Waals surface area contributed by atoms with E-state index >= 15 is 0 Å². The van der Waals surface area contributed by atoms with Crippen LogP contribution in [0.5, 0.6) is 0 Å². The van der Waals surface area contributed by atoms with Crippen molar-refractivity contribution in [3.8, 4) is 0 Å². The van der Waals surface area contributed by atoms with Crippen LogP contribution in [0.15, 0.2) is 24.3 Å². The van der Waals surface area contributed by atoms with E-state index in [0.29, 0.717) is 5.92 Å². The molecule has 4 heteroatoms. The minimum absolute atomic E-state index is 0.0138. The number of rotatable bonds is 5. The van der Waals surface area contributed by atoms with Gasteiger partial charge in [-0.1, -0.05) is 24.3 Å². The van der Waals surface area contributed by atoms with Crippen LogP contribution in [0.3, 0.4) is 0 Å². The molecule has 2 N–H and O–H groups in total. The Bertz CT molecular complexity index is 470. The van der Waals surface area contributed by atoms with Gasteiger partial charge in [0.15, 0.2) is 0 Å². The van der Waals surface area contributed by atoms with E-state index in [2.05, 4.69) is 11.4 Å². The average Bonchev–Trinajstić information content (AvgIpc) is 3.09. The number of carbonyl (C=O) groups excluding carboxylic acids is 1. The number of hydrogen-bond acceptors (Lipinski definition) is 2. The summed E-state index contributed by atoms with van der Waals surface area (Å²) in [6.45, 7) is 2.26. The quantitative estimate of drug-likeness (QED) is 0.832. The second-order valence-corrected chi connectivity index (χ2v) is 4.74. The standard InChI is InChI=1S/C14H17NO3/c1-9-4-2-3-5-10(9)11-8-12(11)14(18)15-7-6-13(16)17/h2-5,11-12H,6-8H2,1H3,(H,15,18)(H,16,17)/t11-,12-/m0/s1. The first-order valence-electron chi connectivity index (χ1n) is 6.14. The first-order valence-corrected chi connectivity index (χ1v) is 6.14. The molecular weight excluding hydrogens is 230 g/mol. The van der Waals surface area contributed by atoms with Gasteiger partial charge in [0.2, 0.25) is 5.91 Å². The van der Waals surface area contributed by atoms with Gasteiger partial charge in [0.1, 0.15) is 0 Å². The normalized spacial score (nSPS) is 21.4. The van der Waals surface area contributed by atoms with Gasteiger partial charge in [-0.15, -0.1) is 0 Å². The van der Waals surface area contributed by atoms with Crippen LogP contribution in [0.25, 0.3) is 0 Å². The molecule has 0 aromatic heterocycles. The van der Waals surface area contributed by atoms with Crippen molar-refractivity contribution < 1.29 is 14.7 Å². The highest BCUT2D eigenvalue weighted by Crippen LogP contribution is 2.48. The van der Waals surface area contributed by atoms with Gasteiger partial charge >= 0.3 is 5.97 Å². The fourth-order valence-electron chi connectivity index (χ4n) is 2.26. The monoisotopic (exact) mass is 247 g/mol. The summed E-state index contributed by atoms with van der Waals surface area (Å²) in [7, 11) is 0. The Kier molecular flexibility index (Phi) is 3.65. The molecule has 0 radical (unpaired) electrons. The van der Waals surface area contributed by atoms with Crippen LogP contribution < -0.4 is 5.32 Å². The smallest absolute Gasteiger partial charge is 0.305 e. The third-order valence-electron chi connectivity index (χ3n) is 3.35. The molecule has 1 aromatic rings. The predicted octanol–water partition coefficient (Wildman–Crippen LogP) is 1.69. The van der Waals surface area contributed by atoms with Gasteiger partial charge in [0, 0.05) is 12.5 Å². The highest BCUT2D eigenvalue weighted by Gasteiger charge is 2.44. The van der Waals surface area contributed by atoms with E-state index in [0.717, 1.165) is 6.42 Å². The maximum atomic E-state index is 11.8. The Morgan fingerprint density at radius 2 is 2.11 bits per heavy atom. The highest BCUT2D eigenvalue weighted by atomic mass is 16.4. The molecule has 1 aliphatic rings. The highest BCUT2D eigenvalue weighted by molar-refractivity contribution is 5.83. The number of carboxylic acids is 1. The van der Waals surface area contributed by atoms with E-state index in [4.69, 9.17) is 5.11 Å². The van der Waals surface area contributed by atoms with Gasteiger partial charge in [-0.3, -0.25) is 9.59 Å². The van der Waals surface area contributed by atoms with Gasteiger partial charge in [-0.05, 0) is 30.4 Å². The summed E-state index contributed by atoms with van der Waals surface area (Å²) in [6.07, 6.45) is 0.844. The molecule has 2 atom stereocenters. The number of aliphatic carboxylic acids is 1. The van der Waals surface area contributed by atoms with Crippen LogP contribution in [0, 0.1) is 12.8 Å². The number of aryl methyl sites for hydroxylation is 1. The zero-order valence-corrected chi connectivity index (χ0v) is 10.3. The number of carbonyl (C=O) groups is 2. The average molecular weight is 247 g/mol. The molecule has 0 bridgehead atoms. The lowest BCUT2D eigenvalue weighted by Gasteiger charge is -2.05. The topological polar surface area (TPSA) is 66.4 Å². The Balaban J connectivity index is 1.86. The zero-order chi connectivity index (χ0) is 13.1. The maximum absolute atomic E-state index is 11.8. The second-order valence-electron chi connectivity index (χ2n) is 4.74. The van der Waals surface area contributed by atoms with Crippen LogP contribution >= 0.6 is 0 Å². The van der Waals surface area contributed by atoms with Crippen LogP contribution in [-0.2, 0) is 9.59 Å². The Morgan fingerprint density at radius 1 is 1.39 bits per heavy atom. The van der Waals surface area contributed by atoms with E-state index in [9.17, 15) is 9.59 Å². The summed E-state index contributed by atoms with van der Waals surface area (Å²) < 4.78 is 0. The van der Waals surface area contributed by atoms with Crippen molar-refractivity contribution in [3.05, 3.63) is 35.4 Å². The van der Waals surface area contributed by atoms with Crippen molar-refractivity contribution in [2.45, 2.75) is 25.7 Å². The van der Waals surface area contributed by atoms with E-state index in [1.165, 1.54) is 11.1 Å². The second kappa shape index (κ2) is 5.21. The molecule has 1 aromatic carbocycles. The van der Waals surface area contributed by atoms with Crippen molar-refractivity contribution in [1.82, 2.24) is 5.32 Å². The predicted molar refractivity (Wildman–Crippen MR) is 67.3 cm³/mol. The number of hydrogen-bond donors (Lipinski definition) is 2. The summed E-state index contributed by atoms with van der Waals surface area (Å²) in [5, 5.41) is 11.2. The third kappa shape index (κ3) is 2.88. The maximum Gasteiger partial charge on any atom is 0.305 e. The summed E-state index contributed by atoms with van der Waals surface area (Å²) in [5.41, 5.74) is 2.44. The molecule has 0 unspecified atom stereocenters. The zero-order valence-electron chi connectivity index (χ0n) is 10.3. The SMILES string of the molecule is Cc1ccccc1[C@@H]1C[C@@H]1C(=O)NCCC(=O)O.